The molecule has 0 radical (unpaired) electrons. The second-order valence-corrected chi connectivity index (χ2v) is 10.5. The summed E-state index contributed by atoms with van der Waals surface area (Å²) in [6, 6.07) is 7.53. The molecule has 0 aliphatic heterocycles. The zero-order valence-electron chi connectivity index (χ0n) is 24.1. The summed E-state index contributed by atoms with van der Waals surface area (Å²) in [7, 11) is 0. The molecule has 0 saturated carbocycles. The molecular formula is C33H46O6. The van der Waals surface area contributed by atoms with Gasteiger partial charge in [-0.05, 0) is 32.6 Å². The van der Waals surface area contributed by atoms with Crippen molar-refractivity contribution in [2.24, 2.45) is 0 Å². The molecule has 0 aromatic heterocycles. The van der Waals surface area contributed by atoms with E-state index >= 15 is 0 Å². The van der Waals surface area contributed by atoms with Crippen LogP contribution in [-0.4, -0.2) is 25.5 Å². The van der Waals surface area contributed by atoms with Crippen LogP contribution < -0.4 is 9.47 Å². The van der Waals surface area contributed by atoms with Crippen LogP contribution >= 0.6 is 0 Å². The Kier molecular flexibility index (Phi) is 13.2. The first-order valence-electron chi connectivity index (χ1n) is 15.0. The second kappa shape index (κ2) is 16.8. The molecule has 3 rings (SSSR count). The largest absolute Gasteiger partial charge is 0.513 e. The Morgan fingerprint density at radius 3 is 1.64 bits per heavy atom. The number of allylic oxidation sites excluding steroid dienone is 2. The van der Waals surface area contributed by atoms with Gasteiger partial charge in [0.15, 0.2) is 0 Å². The molecule has 0 heterocycles. The lowest BCUT2D eigenvalue weighted by atomic mass is 9.87. The van der Waals surface area contributed by atoms with Gasteiger partial charge in [0.1, 0.15) is 11.5 Å². The summed E-state index contributed by atoms with van der Waals surface area (Å²) in [4.78, 5) is 25.4. The Bertz CT molecular complexity index is 1100. The highest BCUT2D eigenvalue weighted by molar-refractivity contribution is 5.98. The summed E-state index contributed by atoms with van der Waals surface area (Å²) in [6.07, 6.45) is 15.3. The van der Waals surface area contributed by atoms with Gasteiger partial charge in [0.25, 0.3) is 0 Å². The highest BCUT2D eigenvalue weighted by Crippen LogP contribution is 2.44. The van der Waals surface area contributed by atoms with Crippen molar-refractivity contribution in [3.8, 4) is 11.5 Å². The van der Waals surface area contributed by atoms with Crippen molar-refractivity contribution < 1.29 is 28.5 Å². The van der Waals surface area contributed by atoms with Crippen LogP contribution in [0.25, 0.3) is 10.8 Å². The molecule has 0 unspecified atom stereocenters. The Morgan fingerprint density at radius 2 is 1.13 bits per heavy atom. The van der Waals surface area contributed by atoms with Gasteiger partial charge in [0, 0.05) is 21.9 Å². The van der Waals surface area contributed by atoms with Crippen molar-refractivity contribution in [2.45, 2.75) is 111 Å². The maximum Gasteiger partial charge on any atom is 0.513 e. The summed E-state index contributed by atoms with van der Waals surface area (Å²) < 4.78 is 22.5. The van der Waals surface area contributed by atoms with Crippen molar-refractivity contribution in [3.05, 3.63) is 47.0 Å². The second-order valence-electron chi connectivity index (χ2n) is 10.5. The minimum Gasteiger partial charge on any atom is -0.434 e. The minimum atomic E-state index is -0.700. The van der Waals surface area contributed by atoms with E-state index < -0.39 is 12.3 Å². The number of hydrogen-bond acceptors (Lipinski definition) is 6. The van der Waals surface area contributed by atoms with Crippen LogP contribution in [0.3, 0.4) is 0 Å². The van der Waals surface area contributed by atoms with E-state index in [1.807, 2.05) is 31.2 Å². The molecule has 2 aromatic rings. The lowest BCUT2D eigenvalue weighted by molar-refractivity contribution is 0.0953. The number of carbonyl (C=O) groups is 2. The molecule has 1 aliphatic rings. The lowest BCUT2D eigenvalue weighted by Gasteiger charge is -2.23. The zero-order valence-corrected chi connectivity index (χ0v) is 24.1. The lowest BCUT2D eigenvalue weighted by Crippen LogP contribution is -2.17. The van der Waals surface area contributed by atoms with Gasteiger partial charge >= 0.3 is 12.3 Å². The van der Waals surface area contributed by atoms with Gasteiger partial charge in [-0.1, -0.05) is 114 Å². The Labute approximate surface area is 234 Å². The number of rotatable bonds is 16. The number of unbranched alkanes of at least 4 members (excludes halogenated alkanes) is 10. The van der Waals surface area contributed by atoms with Crippen molar-refractivity contribution >= 4 is 23.1 Å². The van der Waals surface area contributed by atoms with Crippen LogP contribution in [-0.2, 0) is 22.3 Å². The highest BCUT2D eigenvalue weighted by Gasteiger charge is 2.27. The van der Waals surface area contributed by atoms with E-state index in [1.165, 1.54) is 44.1 Å². The molecule has 39 heavy (non-hydrogen) atoms. The van der Waals surface area contributed by atoms with E-state index in [4.69, 9.17) is 18.9 Å². The van der Waals surface area contributed by atoms with E-state index in [2.05, 4.69) is 19.9 Å². The number of hydrogen-bond donors (Lipinski definition) is 0. The van der Waals surface area contributed by atoms with Crippen molar-refractivity contribution in [1.29, 1.82) is 0 Å². The van der Waals surface area contributed by atoms with Gasteiger partial charge in [-0.25, -0.2) is 9.59 Å². The van der Waals surface area contributed by atoms with Crippen molar-refractivity contribution in [1.82, 2.24) is 0 Å². The summed E-state index contributed by atoms with van der Waals surface area (Å²) in [5, 5.41) is 1.42. The summed E-state index contributed by atoms with van der Waals surface area (Å²) in [6.45, 7) is 7.13. The van der Waals surface area contributed by atoms with Gasteiger partial charge in [-0.2, -0.15) is 0 Å². The molecule has 6 nitrogen and oxygen atoms in total. The number of carbonyl (C=O) groups excluding carboxylic acids is 2. The third-order valence-corrected chi connectivity index (χ3v) is 7.25. The quantitative estimate of drug-likeness (QED) is 0.0917. The number of fused-ring (bicyclic) bond motifs is 2. The Hall–Kier alpha value is -3.02. The number of ether oxygens (including phenoxy) is 4. The topological polar surface area (TPSA) is 71.1 Å². The van der Waals surface area contributed by atoms with Gasteiger partial charge in [0.2, 0.25) is 0 Å². The molecule has 0 atom stereocenters. The third-order valence-electron chi connectivity index (χ3n) is 7.25. The van der Waals surface area contributed by atoms with E-state index in [1.54, 1.807) is 0 Å². The molecule has 0 saturated heterocycles. The summed E-state index contributed by atoms with van der Waals surface area (Å²) >= 11 is 0. The van der Waals surface area contributed by atoms with Crippen LogP contribution in [0.15, 0.2) is 35.9 Å². The molecular weight excluding hydrogens is 492 g/mol. The smallest absolute Gasteiger partial charge is 0.434 e. The number of benzene rings is 2. The SMILES string of the molecule is CCCCCCCCOC(=O)Oc1c2c(c(OC(=O)OCCCCCCCC)c3ccccc13)CC(C)=CC2. The maximum atomic E-state index is 12.7. The van der Waals surface area contributed by atoms with Crippen LogP contribution in [0.5, 0.6) is 11.5 Å². The minimum absolute atomic E-state index is 0.343. The predicted molar refractivity (Wildman–Crippen MR) is 156 cm³/mol. The van der Waals surface area contributed by atoms with E-state index in [-0.39, 0.29) is 0 Å². The molecule has 214 valence electrons. The first kappa shape index (κ1) is 30.5. The Morgan fingerprint density at radius 1 is 0.667 bits per heavy atom. The molecule has 0 amide bonds. The van der Waals surface area contributed by atoms with E-state index in [9.17, 15) is 9.59 Å². The van der Waals surface area contributed by atoms with Gasteiger partial charge in [-0.15, -0.1) is 0 Å². The van der Waals surface area contributed by atoms with Gasteiger partial charge in [0.05, 0.1) is 13.2 Å². The Balaban J connectivity index is 1.70. The fourth-order valence-corrected chi connectivity index (χ4v) is 5.04. The molecule has 0 spiro atoms. The molecule has 0 N–H and O–H groups in total. The standard InChI is InChI=1S/C33H46O6/c1-4-6-8-10-12-16-22-36-32(34)38-30-26-18-14-15-19-27(26)31(29-24-25(3)20-21-28(29)30)39-33(35)37-23-17-13-11-9-7-5-2/h14-15,18-20H,4-13,16-17,21-24H2,1-3H3. The monoisotopic (exact) mass is 538 g/mol. The van der Waals surface area contributed by atoms with E-state index in [0.717, 1.165) is 49.7 Å². The zero-order chi connectivity index (χ0) is 27.9. The third kappa shape index (κ3) is 9.59. The molecule has 1 aliphatic carbocycles. The van der Waals surface area contributed by atoms with E-state index in [0.29, 0.717) is 48.3 Å². The first-order chi connectivity index (χ1) is 19.0. The highest BCUT2D eigenvalue weighted by atomic mass is 16.7. The fourth-order valence-electron chi connectivity index (χ4n) is 5.04. The normalized spacial score (nSPS) is 12.5. The molecule has 0 bridgehead atoms. The van der Waals surface area contributed by atoms with Gasteiger partial charge < -0.3 is 18.9 Å². The molecule has 2 aromatic carbocycles. The average Bonchev–Trinajstić information content (AvgIpc) is 2.93. The first-order valence-corrected chi connectivity index (χ1v) is 15.0. The summed E-state index contributed by atoms with van der Waals surface area (Å²) in [5.41, 5.74) is 2.86. The van der Waals surface area contributed by atoms with Crippen LogP contribution in [0.1, 0.15) is 109 Å². The maximum absolute atomic E-state index is 12.7. The van der Waals surface area contributed by atoms with Gasteiger partial charge in [-0.3, -0.25) is 0 Å². The van der Waals surface area contributed by atoms with Crippen molar-refractivity contribution in [2.75, 3.05) is 13.2 Å². The fraction of sp³-hybridized carbons (Fsp3) is 0.576. The predicted octanol–water partition coefficient (Wildman–Crippen LogP) is 9.64. The average molecular weight is 539 g/mol. The van der Waals surface area contributed by atoms with Crippen molar-refractivity contribution in [3.63, 3.8) is 0 Å². The molecule has 0 fully saturated rings. The van der Waals surface area contributed by atoms with Crippen LogP contribution in [0.2, 0.25) is 0 Å². The summed E-state index contributed by atoms with van der Waals surface area (Å²) in [5.74, 6) is 0.957. The van der Waals surface area contributed by atoms with Crippen LogP contribution in [0.4, 0.5) is 9.59 Å². The molecule has 6 heteroatoms. The van der Waals surface area contributed by atoms with Crippen LogP contribution in [0, 0.1) is 0 Å².